The fourth-order valence-corrected chi connectivity index (χ4v) is 5.36. The van der Waals surface area contributed by atoms with E-state index in [1.54, 1.807) is 6.20 Å². The first-order valence-electron chi connectivity index (χ1n) is 12.7. The zero-order valence-electron chi connectivity index (χ0n) is 20.2. The first-order chi connectivity index (χ1) is 17.6. The van der Waals surface area contributed by atoms with Crippen molar-refractivity contribution in [3.63, 3.8) is 0 Å². The molecule has 1 saturated heterocycles. The number of imidazole rings is 1. The SMILES string of the molecule is C1=CCNC1.O=C([C@@H]1CCCN(c2ccc3[nH]c(C4(n5cc(Cl)cn5)CC4)nc3n2)C1)N1CC=CC1. The molecule has 10 heteroatoms. The maximum absolute atomic E-state index is 12.9. The van der Waals surface area contributed by atoms with E-state index in [-0.39, 0.29) is 17.4 Å². The summed E-state index contributed by atoms with van der Waals surface area (Å²) < 4.78 is 1.90. The summed E-state index contributed by atoms with van der Waals surface area (Å²) in [7, 11) is 0. The second-order valence-electron chi connectivity index (χ2n) is 9.89. The van der Waals surface area contributed by atoms with Crippen molar-refractivity contribution in [2.24, 2.45) is 5.92 Å². The second kappa shape index (κ2) is 9.71. The first-order valence-corrected chi connectivity index (χ1v) is 13.1. The fourth-order valence-electron chi connectivity index (χ4n) is 5.23. The van der Waals surface area contributed by atoms with Gasteiger partial charge in [0.25, 0.3) is 0 Å². The predicted octanol–water partition coefficient (Wildman–Crippen LogP) is 3.11. The highest BCUT2D eigenvalue weighted by Gasteiger charge is 2.50. The molecule has 3 aromatic heterocycles. The zero-order valence-corrected chi connectivity index (χ0v) is 21.0. The second-order valence-corrected chi connectivity index (χ2v) is 10.3. The van der Waals surface area contributed by atoms with E-state index in [4.69, 9.17) is 21.6 Å². The van der Waals surface area contributed by atoms with Gasteiger partial charge in [-0.3, -0.25) is 9.48 Å². The number of amides is 1. The maximum atomic E-state index is 12.9. The highest BCUT2D eigenvalue weighted by Crippen LogP contribution is 2.48. The Bertz CT molecular complexity index is 1290. The molecule has 1 amide bonds. The van der Waals surface area contributed by atoms with Gasteiger partial charge in [0.15, 0.2) is 5.65 Å². The summed E-state index contributed by atoms with van der Waals surface area (Å²) in [5.41, 5.74) is 1.37. The normalized spacial score (nSPS) is 22.2. The van der Waals surface area contributed by atoms with Crippen LogP contribution in [0.1, 0.15) is 31.5 Å². The van der Waals surface area contributed by atoms with Crippen LogP contribution in [0.5, 0.6) is 0 Å². The van der Waals surface area contributed by atoms with Crippen molar-refractivity contribution in [3.05, 3.63) is 59.7 Å². The molecule has 4 aliphatic rings. The number of hydrogen-bond donors (Lipinski definition) is 2. The van der Waals surface area contributed by atoms with Crippen molar-refractivity contribution >= 4 is 34.5 Å². The summed E-state index contributed by atoms with van der Waals surface area (Å²) in [5.74, 6) is 2.04. The minimum absolute atomic E-state index is 0.0280. The van der Waals surface area contributed by atoms with E-state index in [1.165, 1.54) is 0 Å². The van der Waals surface area contributed by atoms with Gasteiger partial charge >= 0.3 is 0 Å². The summed E-state index contributed by atoms with van der Waals surface area (Å²) >= 11 is 6.08. The number of aromatic nitrogens is 5. The Morgan fingerprint density at radius 1 is 1.08 bits per heavy atom. The van der Waals surface area contributed by atoms with Crippen LogP contribution in [0, 0.1) is 5.92 Å². The number of piperidine rings is 1. The van der Waals surface area contributed by atoms with E-state index in [0.717, 1.165) is 75.6 Å². The molecule has 0 aromatic carbocycles. The van der Waals surface area contributed by atoms with E-state index < -0.39 is 0 Å². The largest absolute Gasteiger partial charge is 0.356 e. The summed E-state index contributed by atoms with van der Waals surface area (Å²) in [4.78, 5) is 30.1. The lowest BCUT2D eigenvalue weighted by molar-refractivity contribution is -0.134. The molecule has 9 nitrogen and oxygen atoms in total. The van der Waals surface area contributed by atoms with Crippen LogP contribution < -0.4 is 10.2 Å². The van der Waals surface area contributed by atoms with Crippen molar-refractivity contribution in [2.75, 3.05) is 44.2 Å². The molecule has 3 aromatic rings. The van der Waals surface area contributed by atoms with Gasteiger partial charge in [-0.15, -0.1) is 0 Å². The number of rotatable bonds is 4. The van der Waals surface area contributed by atoms with Gasteiger partial charge in [0.2, 0.25) is 5.91 Å². The quantitative estimate of drug-likeness (QED) is 0.528. The molecule has 36 heavy (non-hydrogen) atoms. The monoisotopic (exact) mass is 506 g/mol. The number of nitrogens with zero attached hydrogens (tertiary/aromatic N) is 6. The lowest BCUT2D eigenvalue weighted by Gasteiger charge is -2.34. The number of hydrogen-bond acceptors (Lipinski definition) is 6. The van der Waals surface area contributed by atoms with Crippen LogP contribution in [0.15, 0.2) is 48.8 Å². The number of aromatic amines is 1. The smallest absolute Gasteiger partial charge is 0.228 e. The first kappa shape index (κ1) is 23.2. The molecule has 1 aliphatic carbocycles. The maximum Gasteiger partial charge on any atom is 0.228 e. The fraction of sp³-hybridized carbons (Fsp3) is 0.462. The Kier molecular flexibility index (Phi) is 6.27. The van der Waals surface area contributed by atoms with Gasteiger partial charge in [-0.1, -0.05) is 35.9 Å². The standard InChI is InChI=1S/C22H24ClN7O.C4H7N/c23-16-12-24-30(14-16)22(7-8-22)21-25-17-5-6-18(26-19(17)27-21)29-11-3-4-15(13-29)20(31)28-9-1-2-10-28;1-2-4-5-3-1/h1-2,5-6,12,14-15H,3-4,7-11,13H2,(H,25,26,27);1-2,5H,3-4H2/t15-;/m1./s1. The highest BCUT2D eigenvalue weighted by molar-refractivity contribution is 6.30. The number of halogens is 1. The van der Waals surface area contributed by atoms with Gasteiger partial charge < -0.3 is 20.1 Å². The van der Waals surface area contributed by atoms with Crippen molar-refractivity contribution in [3.8, 4) is 0 Å². The molecule has 1 atom stereocenters. The van der Waals surface area contributed by atoms with Crippen LogP contribution in [0.4, 0.5) is 5.82 Å². The number of H-pyrrole nitrogens is 1. The van der Waals surface area contributed by atoms with Gasteiger partial charge in [-0.25, -0.2) is 9.97 Å². The summed E-state index contributed by atoms with van der Waals surface area (Å²) in [6.07, 6.45) is 15.8. The third-order valence-corrected chi connectivity index (χ3v) is 7.60. The van der Waals surface area contributed by atoms with Crippen molar-refractivity contribution < 1.29 is 4.79 Å². The van der Waals surface area contributed by atoms with Crippen molar-refractivity contribution in [2.45, 2.75) is 31.2 Å². The van der Waals surface area contributed by atoms with Gasteiger partial charge in [0, 0.05) is 45.5 Å². The Morgan fingerprint density at radius 2 is 1.89 bits per heavy atom. The van der Waals surface area contributed by atoms with E-state index in [1.807, 2.05) is 27.9 Å². The minimum atomic E-state index is -0.250. The number of fused-ring (bicyclic) bond motifs is 1. The third kappa shape index (κ3) is 4.53. The molecule has 2 N–H and O–H groups in total. The zero-order chi connectivity index (χ0) is 24.5. The van der Waals surface area contributed by atoms with Crippen molar-refractivity contribution in [1.82, 2.24) is 34.9 Å². The number of anilines is 1. The van der Waals surface area contributed by atoms with E-state index in [0.29, 0.717) is 17.2 Å². The molecule has 2 fully saturated rings. The lowest BCUT2D eigenvalue weighted by Crippen LogP contribution is -2.44. The van der Waals surface area contributed by atoms with E-state index in [9.17, 15) is 4.79 Å². The summed E-state index contributed by atoms with van der Waals surface area (Å²) in [5, 5.41) is 8.14. The van der Waals surface area contributed by atoms with E-state index >= 15 is 0 Å². The average molecular weight is 507 g/mol. The number of pyridine rings is 1. The topological polar surface area (TPSA) is 95.0 Å². The molecular weight excluding hydrogens is 476 g/mol. The Hall–Kier alpha value is -3.17. The molecule has 6 heterocycles. The lowest BCUT2D eigenvalue weighted by atomic mass is 9.96. The summed E-state index contributed by atoms with van der Waals surface area (Å²) in [6, 6.07) is 4.06. The van der Waals surface area contributed by atoms with Crippen LogP contribution in [-0.4, -0.2) is 74.8 Å². The average Bonchev–Trinajstić information content (AvgIpc) is 3.50. The molecule has 7 rings (SSSR count). The molecule has 188 valence electrons. The van der Waals surface area contributed by atoms with Gasteiger partial charge in [-0.2, -0.15) is 5.10 Å². The number of carbonyl (C=O) groups is 1. The van der Waals surface area contributed by atoms with Gasteiger partial charge in [0.05, 0.1) is 22.7 Å². The molecule has 1 saturated carbocycles. The summed E-state index contributed by atoms with van der Waals surface area (Å²) in [6.45, 7) is 5.23. The van der Waals surface area contributed by atoms with E-state index in [2.05, 4.69) is 44.6 Å². The highest BCUT2D eigenvalue weighted by atomic mass is 35.5. The molecular formula is C26H31ClN8O. The molecule has 0 radical (unpaired) electrons. The predicted molar refractivity (Wildman–Crippen MR) is 140 cm³/mol. The molecule has 0 bridgehead atoms. The van der Waals surface area contributed by atoms with Crippen LogP contribution in [0.2, 0.25) is 5.02 Å². The van der Waals surface area contributed by atoms with Crippen LogP contribution in [-0.2, 0) is 10.3 Å². The Balaban J connectivity index is 0.000000431. The van der Waals surface area contributed by atoms with Crippen LogP contribution in [0.3, 0.4) is 0 Å². The Morgan fingerprint density at radius 3 is 2.56 bits per heavy atom. The number of carbonyl (C=O) groups excluding carboxylic acids is 1. The van der Waals surface area contributed by atoms with Gasteiger partial charge in [-0.05, 0) is 37.8 Å². The number of nitrogens with one attached hydrogen (secondary N) is 2. The third-order valence-electron chi connectivity index (χ3n) is 7.40. The molecule has 3 aliphatic heterocycles. The van der Waals surface area contributed by atoms with Crippen LogP contribution in [0.25, 0.3) is 11.2 Å². The Labute approximate surface area is 215 Å². The molecule has 0 spiro atoms. The molecule has 0 unspecified atom stereocenters. The van der Waals surface area contributed by atoms with Gasteiger partial charge in [0.1, 0.15) is 17.2 Å². The van der Waals surface area contributed by atoms with Crippen molar-refractivity contribution in [1.29, 1.82) is 0 Å². The minimum Gasteiger partial charge on any atom is -0.356 e. The van der Waals surface area contributed by atoms with Crippen LogP contribution >= 0.6 is 11.6 Å².